The summed E-state index contributed by atoms with van der Waals surface area (Å²) in [5.41, 5.74) is 2.26. The molecule has 3 aromatic rings. The van der Waals surface area contributed by atoms with Crippen molar-refractivity contribution in [3.63, 3.8) is 0 Å². The maximum atomic E-state index is 12.1. The second kappa shape index (κ2) is 9.95. The Morgan fingerprint density at radius 3 is 2.81 bits per heavy atom. The summed E-state index contributed by atoms with van der Waals surface area (Å²) >= 11 is 11.0. The van der Waals surface area contributed by atoms with Gasteiger partial charge >= 0.3 is 0 Å². The highest BCUT2D eigenvalue weighted by Crippen LogP contribution is 2.45. The molecule has 0 spiro atoms. The van der Waals surface area contributed by atoms with Gasteiger partial charge in [-0.25, -0.2) is 0 Å². The van der Waals surface area contributed by atoms with E-state index in [0.29, 0.717) is 16.5 Å². The number of amides is 1. The van der Waals surface area contributed by atoms with E-state index < -0.39 is 0 Å². The summed E-state index contributed by atoms with van der Waals surface area (Å²) in [6.45, 7) is -0.0509. The number of halogens is 1. The number of aromatic nitrogens is 1. The number of anilines is 2. The summed E-state index contributed by atoms with van der Waals surface area (Å²) in [6, 6.07) is 13.3. The van der Waals surface area contributed by atoms with Crippen molar-refractivity contribution in [2.24, 2.45) is 0 Å². The lowest BCUT2D eigenvalue weighted by Crippen LogP contribution is -2.29. The third-order valence-electron chi connectivity index (χ3n) is 4.99. The van der Waals surface area contributed by atoms with Gasteiger partial charge in [-0.05, 0) is 64.5 Å². The van der Waals surface area contributed by atoms with Crippen LogP contribution in [0.4, 0.5) is 11.4 Å². The zero-order valence-electron chi connectivity index (χ0n) is 17.4. The number of methoxy groups -OCH3 is 2. The molecular weight excluding hydrogens is 512 g/mol. The van der Waals surface area contributed by atoms with E-state index in [1.807, 2.05) is 36.4 Å². The number of pyridine rings is 1. The molecule has 4 rings (SSSR count). The highest BCUT2D eigenvalue weighted by atomic mass is 79.9. The lowest BCUT2D eigenvalue weighted by Gasteiger charge is -2.27. The van der Waals surface area contributed by atoms with Crippen LogP contribution in [-0.4, -0.2) is 36.8 Å². The largest absolute Gasteiger partial charge is 0.495 e. The van der Waals surface area contributed by atoms with Crippen molar-refractivity contribution in [2.45, 2.75) is 12.1 Å². The first kappa shape index (κ1) is 22.7. The number of nitrogens with zero attached hydrogens (tertiary/aromatic N) is 2. The number of rotatable bonds is 7. The van der Waals surface area contributed by atoms with Crippen LogP contribution in [0.15, 0.2) is 58.5 Å². The maximum Gasteiger partial charge on any atom is 0.250 e. The Hall–Kier alpha value is -2.53. The second-order valence-corrected chi connectivity index (χ2v) is 9.27. The molecule has 0 aliphatic carbocycles. The Balaban J connectivity index is 1.77. The average Bonchev–Trinajstić information content (AvgIpc) is 3.37. The summed E-state index contributed by atoms with van der Waals surface area (Å²) in [7, 11) is 3.04. The Bertz CT molecular complexity index is 1130. The fourth-order valence-corrected chi connectivity index (χ4v) is 5.58. The number of ether oxygens (including phenoxy) is 2. The summed E-state index contributed by atoms with van der Waals surface area (Å²) in [6.07, 6.45) is 1.78. The molecule has 2 atom stereocenters. The molecule has 1 aliphatic heterocycles. The third-order valence-corrected chi connectivity index (χ3v) is 7.07. The van der Waals surface area contributed by atoms with Crippen LogP contribution in [-0.2, 0) is 9.53 Å². The minimum absolute atomic E-state index is 0.0509. The molecule has 3 heterocycles. The third kappa shape index (κ3) is 4.63. The summed E-state index contributed by atoms with van der Waals surface area (Å²) in [4.78, 5) is 19.9. The Morgan fingerprint density at radius 2 is 2.16 bits per heavy atom. The second-order valence-electron chi connectivity index (χ2n) is 7.03. The molecule has 1 aromatic carbocycles. The number of thiophene rings is 1. The monoisotopic (exact) mass is 532 g/mol. The molecule has 166 valence electrons. The average molecular weight is 533 g/mol. The lowest BCUT2D eigenvalue weighted by atomic mass is 10.0. The van der Waals surface area contributed by atoms with Crippen molar-refractivity contribution in [3.8, 4) is 5.75 Å². The van der Waals surface area contributed by atoms with Crippen LogP contribution >= 0.6 is 39.5 Å². The van der Waals surface area contributed by atoms with Gasteiger partial charge in [0.05, 0.1) is 30.6 Å². The minimum atomic E-state index is -0.268. The SMILES string of the molecule is COCC(=O)Nc1cc(N2C(=S)N[C@@H](c3ccccn3)[C@H]2c2cc(Br)cs2)ccc1OC. The van der Waals surface area contributed by atoms with E-state index in [4.69, 9.17) is 21.7 Å². The number of carbonyl (C=O) groups excluding carboxylic acids is 1. The van der Waals surface area contributed by atoms with Gasteiger partial charge in [0.2, 0.25) is 5.91 Å². The molecule has 2 N–H and O–H groups in total. The Morgan fingerprint density at radius 1 is 1.31 bits per heavy atom. The van der Waals surface area contributed by atoms with Gasteiger partial charge < -0.3 is 25.0 Å². The molecule has 0 unspecified atom stereocenters. The minimum Gasteiger partial charge on any atom is -0.495 e. The number of benzene rings is 1. The van der Waals surface area contributed by atoms with Crippen LogP contribution in [0.2, 0.25) is 0 Å². The van der Waals surface area contributed by atoms with E-state index in [9.17, 15) is 4.79 Å². The summed E-state index contributed by atoms with van der Waals surface area (Å²) in [5.74, 6) is 0.281. The Kier molecular flexibility index (Phi) is 7.04. The molecule has 1 saturated heterocycles. The maximum absolute atomic E-state index is 12.1. The quantitative estimate of drug-likeness (QED) is 0.428. The number of nitrogens with one attached hydrogen (secondary N) is 2. The first-order chi connectivity index (χ1) is 15.5. The molecule has 10 heteroatoms. The van der Waals surface area contributed by atoms with Gasteiger partial charge in [-0.15, -0.1) is 11.3 Å². The topological polar surface area (TPSA) is 75.7 Å². The first-order valence-electron chi connectivity index (χ1n) is 9.73. The van der Waals surface area contributed by atoms with Gasteiger partial charge in [0.25, 0.3) is 0 Å². The van der Waals surface area contributed by atoms with E-state index in [0.717, 1.165) is 20.7 Å². The predicted molar refractivity (Wildman–Crippen MR) is 133 cm³/mol. The number of hydrogen-bond acceptors (Lipinski definition) is 6. The normalized spacial score (nSPS) is 17.8. The van der Waals surface area contributed by atoms with Crippen molar-refractivity contribution in [1.29, 1.82) is 0 Å². The molecule has 7 nitrogen and oxygen atoms in total. The van der Waals surface area contributed by atoms with Gasteiger partial charge in [-0.2, -0.15) is 0 Å². The molecule has 1 aliphatic rings. The summed E-state index contributed by atoms with van der Waals surface area (Å²) < 4.78 is 11.4. The van der Waals surface area contributed by atoms with E-state index >= 15 is 0 Å². The van der Waals surface area contributed by atoms with Crippen molar-refractivity contribution < 1.29 is 14.3 Å². The van der Waals surface area contributed by atoms with Crippen molar-refractivity contribution >= 4 is 61.9 Å². The van der Waals surface area contributed by atoms with Gasteiger partial charge in [0.15, 0.2) is 5.11 Å². The van der Waals surface area contributed by atoms with Crippen molar-refractivity contribution in [2.75, 3.05) is 31.0 Å². The van der Waals surface area contributed by atoms with Crippen LogP contribution in [0.3, 0.4) is 0 Å². The van der Waals surface area contributed by atoms with Crippen LogP contribution in [0.1, 0.15) is 22.7 Å². The van der Waals surface area contributed by atoms with Crippen LogP contribution in [0.5, 0.6) is 5.75 Å². The lowest BCUT2D eigenvalue weighted by molar-refractivity contribution is -0.119. The zero-order chi connectivity index (χ0) is 22.7. The molecule has 32 heavy (non-hydrogen) atoms. The highest BCUT2D eigenvalue weighted by Gasteiger charge is 2.41. The first-order valence-corrected chi connectivity index (χ1v) is 11.8. The van der Waals surface area contributed by atoms with Crippen LogP contribution in [0, 0.1) is 0 Å². The fourth-order valence-electron chi connectivity index (χ4n) is 3.67. The molecule has 2 aromatic heterocycles. The van der Waals surface area contributed by atoms with Gasteiger partial charge in [0, 0.05) is 33.7 Å². The number of hydrogen-bond donors (Lipinski definition) is 2. The van der Waals surface area contributed by atoms with Crippen molar-refractivity contribution in [1.82, 2.24) is 10.3 Å². The smallest absolute Gasteiger partial charge is 0.250 e. The van der Waals surface area contributed by atoms with E-state index in [1.165, 1.54) is 7.11 Å². The Labute approximate surface area is 203 Å². The highest BCUT2D eigenvalue weighted by molar-refractivity contribution is 9.10. The van der Waals surface area contributed by atoms with Gasteiger partial charge in [-0.3, -0.25) is 9.78 Å². The molecule has 1 fully saturated rings. The van der Waals surface area contributed by atoms with Crippen LogP contribution in [0.25, 0.3) is 0 Å². The molecule has 1 amide bonds. The van der Waals surface area contributed by atoms with Gasteiger partial charge in [0.1, 0.15) is 12.4 Å². The number of thiocarbonyl (C=S) groups is 1. The molecular formula is C22H21BrN4O3S2. The van der Waals surface area contributed by atoms with E-state index in [-0.39, 0.29) is 24.6 Å². The van der Waals surface area contributed by atoms with E-state index in [2.05, 4.69) is 47.9 Å². The van der Waals surface area contributed by atoms with Crippen molar-refractivity contribution in [3.05, 3.63) is 69.1 Å². The molecule has 0 radical (unpaired) electrons. The van der Waals surface area contributed by atoms with E-state index in [1.54, 1.807) is 24.6 Å². The van der Waals surface area contributed by atoms with Crippen LogP contribution < -0.4 is 20.3 Å². The fraction of sp³-hybridized carbons (Fsp3) is 0.227. The molecule has 0 bridgehead atoms. The summed E-state index contributed by atoms with van der Waals surface area (Å²) in [5, 5.41) is 8.91. The number of carbonyl (C=O) groups is 1. The standard InChI is InChI=1S/C22H21BrN4O3S2/c1-29-11-19(28)25-16-10-14(6-7-17(16)30-2)27-21(18-9-13(23)12-32-18)20(26-22(27)31)15-5-3-4-8-24-15/h3-10,12,20-21H,11H2,1-2H3,(H,25,28)(H,26,31)/t20-,21+/m0/s1. The molecule has 0 saturated carbocycles. The van der Waals surface area contributed by atoms with Gasteiger partial charge in [-0.1, -0.05) is 6.07 Å². The zero-order valence-corrected chi connectivity index (χ0v) is 20.6. The predicted octanol–water partition coefficient (Wildman–Crippen LogP) is 4.68.